The summed E-state index contributed by atoms with van der Waals surface area (Å²) in [6, 6.07) is 8.11. The Labute approximate surface area is 130 Å². The number of benzene rings is 1. The second kappa shape index (κ2) is 7.97. The molecular formula is C13H13BI2O. The van der Waals surface area contributed by atoms with Crippen LogP contribution < -0.4 is 10.2 Å². The first kappa shape index (κ1) is 14.8. The van der Waals surface area contributed by atoms with Crippen molar-refractivity contribution in [2.24, 2.45) is 0 Å². The van der Waals surface area contributed by atoms with Gasteiger partial charge in [-0.1, -0.05) is 36.3 Å². The molecule has 0 atom stereocenters. The molecule has 1 aromatic rings. The number of allylic oxidation sites excluding steroid dienone is 4. The zero-order valence-electron chi connectivity index (χ0n) is 9.57. The number of halogens is 2. The van der Waals surface area contributed by atoms with Crippen LogP contribution in [0.1, 0.15) is 6.92 Å². The largest absolute Gasteiger partial charge is 0.457 e. The smallest absolute Gasteiger partial charge is 0.320 e. The molecule has 0 spiro atoms. The SMILES string of the molecule is C=C/C(=C\C=C/C)Oc1ccc(B(I)I)cc1. The normalized spacial score (nSPS) is 11.6. The number of hydrogen-bond donors (Lipinski definition) is 0. The third-order valence-corrected chi connectivity index (χ3v) is 3.46. The van der Waals surface area contributed by atoms with Crippen LogP contribution in [0.25, 0.3) is 0 Å². The molecule has 1 nitrogen and oxygen atoms in total. The summed E-state index contributed by atoms with van der Waals surface area (Å²) in [6.07, 6.45) is 7.47. The predicted molar refractivity (Wildman–Crippen MR) is 93.6 cm³/mol. The molecule has 17 heavy (non-hydrogen) atoms. The molecule has 0 saturated carbocycles. The Hall–Kier alpha value is -0.235. The molecule has 0 amide bonds. The molecule has 0 fully saturated rings. The zero-order valence-corrected chi connectivity index (χ0v) is 13.9. The molecule has 0 bridgehead atoms. The highest BCUT2D eigenvalue weighted by Gasteiger charge is 2.07. The highest BCUT2D eigenvalue weighted by molar-refractivity contribution is 14.3. The topological polar surface area (TPSA) is 9.23 Å². The van der Waals surface area contributed by atoms with E-state index in [0.29, 0.717) is 2.43 Å². The van der Waals surface area contributed by atoms with Gasteiger partial charge in [0, 0.05) is 0 Å². The molecule has 0 heterocycles. The Morgan fingerprint density at radius 3 is 2.41 bits per heavy atom. The highest BCUT2D eigenvalue weighted by atomic mass is 127. The van der Waals surface area contributed by atoms with E-state index in [1.165, 1.54) is 5.46 Å². The minimum absolute atomic E-state index is 0.483. The molecule has 0 N–H and O–H groups in total. The van der Waals surface area contributed by atoms with Crippen LogP contribution in [0.3, 0.4) is 0 Å². The van der Waals surface area contributed by atoms with Crippen LogP contribution in [-0.2, 0) is 0 Å². The number of ether oxygens (including phenoxy) is 1. The van der Waals surface area contributed by atoms with Crippen LogP contribution >= 0.6 is 44.7 Å². The lowest BCUT2D eigenvalue weighted by Crippen LogP contribution is -2.15. The van der Waals surface area contributed by atoms with E-state index in [1.54, 1.807) is 6.08 Å². The lowest BCUT2D eigenvalue weighted by molar-refractivity contribution is 0.445. The third kappa shape index (κ3) is 5.29. The van der Waals surface area contributed by atoms with Crippen LogP contribution in [0.5, 0.6) is 5.75 Å². The molecule has 1 aromatic carbocycles. The molecule has 0 radical (unpaired) electrons. The van der Waals surface area contributed by atoms with Crippen molar-refractivity contribution in [1.29, 1.82) is 0 Å². The van der Waals surface area contributed by atoms with Gasteiger partial charge in [-0.25, -0.2) is 0 Å². The highest BCUT2D eigenvalue weighted by Crippen LogP contribution is 2.14. The summed E-state index contributed by atoms with van der Waals surface area (Å²) in [4.78, 5) is 0. The number of hydrogen-bond acceptors (Lipinski definition) is 1. The first-order valence-electron chi connectivity index (χ1n) is 5.18. The zero-order chi connectivity index (χ0) is 12.7. The van der Waals surface area contributed by atoms with Gasteiger partial charge in [0.05, 0.1) is 0 Å². The maximum absolute atomic E-state index is 5.69. The second-order valence-electron chi connectivity index (χ2n) is 3.27. The van der Waals surface area contributed by atoms with E-state index in [1.807, 2.05) is 37.3 Å². The maximum Gasteiger partial charge on any atom is 0.320 e. The molecular weight excluding hydrogens is 437 g/mol. The van der Waals surface area contributed by atoms with Gasteiger partial charge < -0.3 is 4.74 Å². The van der Waals surface area contributed by atoms with Crippen LogP contribution in [0.4, 0.5) is 0 Å². The van der Waals surface area contributed by atoms with Crippen molar-refractivity contribution in [3.05, 3.63) is 60.9 Å². The lowest BCUT2D eigenvalue weighted by atomic mass is 9.96. The summed E-state index contributed by atoms with van der Waals surface area (Å²) in [5.74, 6) is 1.58. The summed E-state index contributed by atoms with van der Waals surface area (Å²) < 4.78 is 6.17. The Morgan fingerprint density at radius 2 is 1.94 bits per heavy atom. The summed E-state index contributed by atoms with van der Waals surface area (Å²) in [5, 5.41) is 0. The fraction of sp³-hybridized carbons (Fsp3) is 0.0769. The van der Waals surface area contributed by atoms with E-state index >= 15 is 0 Å². The van der Waals surface area contributed by atoms with E-state index < -0.39 is 0 Å². The van der Waals surface area contributed by atoms with E-state index in [9.17, 15) is 0 Å². The first-order chi connectivity index (χ1) is 8.17. The molecule has 0 saturated heterocycles. The molecule has 4 heteroatoms. The van der Waals surface area contributed by atoms with Gasteiger partial charge in [0.15, 0.2) is 0 Å². The van der Waals surface area contributed by atoms with E-state index in [-0.39, 0.29) is 0 Å². The fourth-order valence-electron chi connectivity index (χ4n) is 1.15. The minimum Gasteiger partial charge on any atom is -0.457 e. The van der Waals surface area contributed by atoms with E-state index in [0.717, 1.165) is 11.5 Å². The van der Waals surface area contributed by atoms with E-state index in [4.69, 9.17) is 4.74 Å². The quantitative estimate of drug-likeness (QED) is 0.282. The summed E-state index contributed by atoms with van der Waals surface area (Å²) >= 11 is 4.76. The summed E-state index contributed by atoms with van der Waals surface area (Å²) in [6.45, 7) is 5.69. The standard InChI is InChI=1S/C13H13BI2O/c1-3-5-6-12(4-2)17-13-9-7-11(8-10-13)14(15)16/h3-10H,2H2,1H3/b5-3-,12-6+. The van der Waals surface area contributed by atoms with Gasteiger partial charge in [0.2, 0.25) is 0 Å². The first-order valence-corrected chi connectivity index (χ1v) is 7.68. The van der Waals surface area contributed by atoms with Crippen molar-refractivity contribution in [2.45, 2.75) is 6.92 Å². The Morgan fingerprint density at radius 1 is 1.29 bits per heavy atom. The maximum atomic E-state index is 5.69. The molecule has 1 rings (SSSR count). The number of rotatable bonds is 5. The molecule has 0 aliphatic carbocycles. The lowest BCUT2D eigenvalue weighted by Gasteiger charge is -2.06. The van der Waals surface area contributed by atoms with E-state index in [2.05, 4.69) is 63.5 Å². The van der Waals surface area contributed by atoms with Gasteiger partial charge in [0.25, 0.3) is 0 Å². The Bertz CT molecular complexity index is 422. The van der Waals surface area contributed by atoms with Gasteiger partial charge in [0.1, 0.15) is 11.5 Å². The van der Waals surface area contributed by atoms with Crippen LogP contribution in [0.2, 0.25) is 0 Å². The van der Waals surface area contributed by atoms with Gasteiger partial charge in [-0.3, -0.25) is 0 Å². The van der Waals surface area contributed by atoms with Crippen molar-refractivity contribution in [3.63, 3.8) is 0 Å². The van der Waals surface area contributed by atoms with Gasteiger partial charge in [-0.2, -0.15) is 0 Å². The van der Waals surface area contributed by atoms with Crippen molar-refractivity contribution in [3.8, 4) is 5.75 Å². The van der Waals surface area contributed by atoms with Crippen molar-refractivity contribution < 1.29 is 4.74 Å². The molecule has 0 aliphatic rings. The molecule has 0 unspecified atom stereocenters. The van der Waals surface area contributed by atoms with Crippen molar-refractivity contribution in [2.75, 3.05) is 0 Å². The van der Waals surface area contributed by atoms with Crippen LogP contribution in [0.15, 0.2) is 60.9 Å². The monoisotopic (exact) mass is 450 g/mol. The van der Waals surface area contributed by atoms with Gasteiger partial charge >= 0.3 is 2.43 Å². The van der Waals surface area contributed by atoms with Crippen LogP contribution in [-0.4, -0.2) is 2.43 Å². The minimum atomic E-state index is 0.483. The summed E-state index contributed by atoms with van der Waals surface area (Å²) in [7, 11) is 0. The second-order valence-corrected chi connectivity index (χ2v) is 8.15. The molecule has 0 aromatic heterocycles. The van der Waals surface area contributed by atoms with Gasteiger partial charge in [-0.15, -0.1) is 44.7 Å². The third-order valence-electron chi connectivity index (χ3n) is 2.02. The predicted octanol–water partition coefficient (Wildman–Crippen LogP) is 4.28. The Balaban J connectivity index is 2.77. The van der Waals surface area contributed by atoms with Gasteiger partial charge in [-0.05, 0) is 31.2 Å². The summed E-state index contributed by atoms with van der Waals surface area (Å²) in [5.41, 5.74) is 1.29. The average molecular weight is 450 g/mol. The average Bonchev–Trinajstić information content (AvgIpc) is 2.35. The van der Waals surface area contributed by atoms with Crippen molar-refractivity contribution in [1.82, 2.24) is 0 Å². The molecule has 0 aliphatic heterocycles. The van der Waals surface area contributed by atoms with Crippen molar-refractivity contribution >= 4 is 52.6 Å². The van der Waals surface area contributed by atoms with Crippen LogP contribution in [0, 0.1) is 0 Å². The molecule has 88 valence electrons. The fourth-order valence-corrected chi connectivity index (χ4v) is 1.98. The Kier molecular flexibility index (Phi) is 6.95.